The summed E-state index contributed by atoms with van der Waals surface area (Å²) in [6.45, 7) is 7.05. The quantitative estimate of drug-likeness (QED) is 0.712. The molecule has 0 aliphatic carbocycles. The molecule has 1 heterocycles. The van der Waals surface area contributed by atoms with Gasteiger partial charge in [0.05, 0.1) is 4.90 Å². The Morgan fingerprint density at radius 2 is 1.70 bits per heavy atom. The average molecular weight is 431 g/mol. The summed E-state index contributed by atoms with van der Waals surface area (Å²) >= 11 is 0. The van der Waals surface area contributed by atoms with Crippen LogP contribution in [0.2, 0.25) is 0 Å². The number of ether oxygens (including phenoxy) is 1. The van der Waals surface area contributed by atoms with Crippen LogP contribution in [0, 0.1) is 13.8 Å². The lowest BCUT2D eigenvalue weighted by Crippen LogP contribution is -2.35. The zero-order valence-corrected chi connectivity index (χ0v) is 18.7. The van der Waals surface area contributed by atoms with Crippen LogP contribution >= 0.6 is 0 Å². The molecule has 2 aromatic carbocycles. The van der Waals surface area contributed by atoms with Gasteiger partial charge < -0.3 is 10.1 Å². The summed E-state index contributed by atoms with van der Waals surface area (Å²) < 4.78 is 32.9. The topological polar surface area (TPSA) is 75.7 Å². The number of benzene rings is 2. The summed E-state index contributed by atoms with van der Waals surface area (Å²) in [4.78, 5) is 12.9. The second-order valence-corrected chi connectivity index (χ2v) is 9.68. The predicted octanol–water partition coefficient (Wildman–Crippen LogP) is 4.27. The van der Waals surface area contributed by atoms with E-state index in [-0.39, 0.29) is 10.8 Å². The Labute approximate surface area is 179 Å². The van der Waals surface area contributed by atoms with Gasteiger partial charge in [0.2, 0.25) is 10.0 Å². The monoisotopic (exact) mass is 430 g/mol. The third-order valence-electron chi connectivity index (χ3n) is 5.49. The standard InChI is InChI=1S/C23H30N2O4S/c1-4-22(29-20-11-8-17(2)18(3)16-20)23(26)24-19-9-12-21(13-10-19)30(27,28)25-14-6-5-7-15-25/h8-13,16,22H,4-7,14-15H2,1-3H3,(H,24,26)/t22-/m1/s1. The molecule has 1 amide bonds. The molecule has 7 heteroatoms. The van der Waals surface area contributed by atoms with Crippen molar-refractivity contribution in [1.29, 1.82) is 0 Å². The number of sulfonamides is 1. The molecule has 0 aromatic heterocycles. The number of carbonyl (C=O) groups is 1. The zero-order valence-electron chi connectivity index (χ0n) is 17.8. The van der Waals surface area contributed by atoms with Gasteiger partial charge in [-0.3, -0.25) is 4.79 Å². The molecule has 162 valence electrons. The highest BCUT2D eigenvalue weighted by molar-refractivity contribution is 7.89. The third-order valence-corrected chi connectivity index (χ3v) is 7.41. The highest BCUT2D eigenvalue weighted by Crippen LogP contribution is 2.23. The largest absolute Gasteiger partial charge is 0.481 e. The van der Waals surface area contributed by atoms with Crippen molar-refractivity contribution < 1.29 is 17.9 Å². The van der Waals surface area contributed by atoms with Crippen LogP contribution in [0.25, 0.3) is 0 Å². The van der Waals surface area contributed by atoms with Crippen molar-refractivity contribution in [2.24, 2.45) is 0 Å². The van der Waals surface area contributed by atoms with E-state index in [4.69, 9.17) is 4.74 Å². The molecule has 30 heavy (non-hydrogen) atoms. The van der Waals surface area contributed by atoms with Gasteiger partial charge in [0.25, 0.3) is 5.91 Å². The van der Waals surface area contributed by atoms with Crippen LogP contribution in [0.5, 0.6) is 5.75 Å². The van der Waals surface area contributed by atoms with E-state index in [0.717, 1.165) is 24.8 Å². The molecule has 1 saturated heterocycles. The molecule has 1 aliphatic heterocycles. The minimum Gasteiger partial charge on any atom is -0.481 e. The van der Waals surface area contributed by atoms with Crippen molar-refractivity contribution >= 4 is 21.6 Å². The van der Waals surface area contributed by atoms with E-state index in [2.05, 4.69) is 5.32 Å². The van der Waals surface area contributed by atoms with Crippen LogP contribution in [-0.2, 0) is 14.8 Å². The van der Waals surface area contributed by atoms with Crippen molar-refractivity contribution in [3.63, 3.8) is 0 Å². The second-order valence-electron chi connectivity index (χ2n) is 7.74. The predicted molar refractivity (Wildman–Crippen MR) is 118 cm³/mol. The van der Waals surface area contributed by atoms with E-state index in [1.165, 1.54) is 9.87 Å². The summed E-state index contributed by atoms with van der Waals surface area (Å²) in [5.41, 5.74) is 2.81. The first-order valence-corrected chi connectivity index (χ1v) is 11.9. The van der Waals surface area contributed by atoms with E-state index in [1.54, 1.807) is 24.3 Å². The number of amides is 1. The van der Waals surface area contributed by atoms with E-state index in [0.29, 0.717) is 30.9 Å². The first-order valence-electron chi connectivity index (χ1n) is 10.5. The number of hydrogen-bond donors (Lipinski definition) is 1. The van der Waals surface area contributed by atoms with Crippen molar-refractivity contribution in [3.8, 4) is 5.75 Å². The molecular weight excluding hydrogens is 400 g/mol. The molecule has 3 rings (SSSR count). The smallest absolute Gasteiger partial charge is 0.265 e. The van der Waals surface area contributed by atoms with Gasteiger partial charge in [0.1, 0.15) is 5.75 Å². The molecule has 1 fully saturated rings. The molecular formula is C23H30N2O4S. The van der Waals surface area contributed by atoms with E-state index in [9.17, 15) is 13.2 Å². The number of hydrogen-bond acceptors (Lipinski definition) is 4. The first kappa shape index (κ1) is 22.3. The fraction of sp³-hybridized carbons (Fsp3) is 0.435. The van der Waals surface area contributed by atoms with Crippen LogP contribution in [0.15, 0.2) is 47.4 Å². The van der Waals surface area contributed by atoms with Gasteiger partial charge in [-0.1, -0.05) is 19.4 Å². The number of rotatable bonds is 7. The number of aryl methyl sites for hydroxylation is 2. The summed E-state index contributed by atoms with van der Waals surface area (Å²) in [6, 6.07) is 12.1. The third kappa shape index (κ3) is 5.21. The number of nitrogens with one attached hydrogen (secondary N) is 1. The lowest BCUT2D eigenvalue weighted by Gasteiger charge is -2.26. The van der Waals surface area contributed by atoms with E-state index >= 15 is 0 Å². The number of piperidine rings is 1. The van der Waals surface area contributed by atoms with E-state index in [1.807, 2.05) is 39.0 Å². The van der Waals surface area contributed by atoms with Crippen LogP contribution in [0.1, 0.15) is 43.7 Å². The zero-order chi connectivity index (χ0) is 21.7. The fourth-order valence-electron chi connectivity index (χ4n) is 3.46. The van der Waals surface area contributed by atoms with Crippen LogP contribution in [0.3, 0.4) is 0 Å². The summed E-state index contributed by atoms with van der Waals surface area (Å²) in [5, 5.41) is 2.83. The van der Waals surface area contributed by atoms with Crippen molar-refractivity contribution in [2.75, 3.05) is 18.4 Å². The van der Waals surface area contributed by atoms with Crippen molar-refractivity contribution in [1.82, 2.24) is 4.31 Å². The summed E-state index contributed by atoms with van der Waals surface area (Å²) in [6.07, 6.45) is 2.74. The van der Waals surface area contributed by atoms with Crippen molar-refractivity contribution in [3.05, 3.63) is 53.6 Å². The lowest BCUT2D eigenvalue weighted by atomic mass is 10.1. The summed E-state index contributed by atoms with van der Waals surface area (Å²) in [5.74, 6) is 0.394. The van der Waals surface area contributed by atoms with Gasteiger partial charge in [-0.15, -0.1) is 0 Å². The molecule has 0 radical (unpaired) electrons. The molecule has 0 unspecified atom stereocenters. The Morgan fingerprint density at radius 3 is 2.30 bits per heavy atom. The molecule has 0 saturated carbocycles. The second kappa shape index (κ2) is 9.62. The van der Waals surface area contributed by atoms with Gasteiger partial charge in [0.15, 0.2) is 6.10 Å². The number of nitrogens with zero attached hydrogens (tertiary/aromatic N) is 1. The number of anilines is 1. The minimum atomic E-state index is -3.48. The van der Waals surface area contributed by atoms with Crippen molar-refractivity contribution in [2.45, 2.75) is 57.5 Å². The SMILES string of the molecule is CC[C@@H](Oc1ccc(C)c(C)c1)C(=O)Nc1ccc(S(=O)(=O)N2CCCCC2)cc1. The fourth-order valence-corrected chi connectivity index (χ4v) is 4.98. The molecule has 2 aromatic rings. The molecule has 0 spiro atoms. The Morgan fingerprint density at radius 1 is 1.03 bits per heavy atom. The Balaban J connectivity index is 1.66. The molecule has 6 nitrogen and oxygen atoms in total. The van der Waals surface area contributed by atoms with Gasteiger partial charge in [-0.05, 0) is 80.6 Å². The maximum Gasteiger partial charge on any atom is 0.265 e. The Bertz CT molecular complexity index is 981. The molecule has 1 N–H and O–H groups in total. The molecule has 1 atom stereocenters. The van der Waals surface area contributed by atoms with Gasteiger partial charge in [-0.2, -0.15) is 4.31 Å². The summed E-state index contributed by atoms with van der Waals surface area (Å²) in [7, 11) is -3.48. The first-order chi connectivity index (χ1) is 14.3. The maximum atomic E-state index is 12.7. The van der Waals surface area contributed by atoms with Crippen LogP contribution < -0.4 is 10.1 Å². The highest BCUT2D eigenvalue weighted by atomic mass is 32.2. The Kier molecular flexibility index (Phi) is 7.15. The molecule has 1 aliphatic rings. The lowest BCUT2D eigenvalue weighted by molar-refractivity contribution is -0.122. The van der Waals surface area contributed by atoms with Crippen LogP contribution in [0.4, 0.5) is 5.69 Å². The van der Waals surface area contributed by atoms with Gasteiger partial charge in [-0.25, -0.2) is 8.42 Å². The molecule has 0 bridgehead atoms. The normalized spacial score (nSPS) is 16.1. The van der Waals surface area contributed by atoms with Gasteiger partial charge in [0, 0.05) is 18.8 Å². The highest BCUT2D eigenvalue weighted by Gasteiger charge is 2.26. The average Bonchev–Trinajstić information content (AvgIpc) is 2.75. The Hall–Kier alpha value is -2.38. The van der Waals surface area contributed by atoms with Crippen LogP contribution in [-0.4, -0.2) is 37.8 Å². The minimum absolute atomic E-state index is 0.251. The maximum absolute atomic E-state index is 12.7. The number of carbonyl (C=O) groups excluding carboxylic acids is 1. The van der Waals surface area contributed by atoms with Gasteiger partial charge >= 0.3 is 0 Å². The van der Waals surface area contributed by atoms with E-state index < -0.39 is 16.1 Å².